The molecule has 20 heavy (non-hydrogen) atoms. The largest absolute Gasteiger partial charge is 0.390 e. The molecule has 0 aliphatic carbocycles. The third-order valence-electron chi connectivity index (χ3n) is 2.69. The van der Waals surface area contributed by atoms with Crippen LogP contribution in [0.3, 0.4) is 0 Å². The molecule has 1 unspecified atom stereocenters. The van der Waals surface area contributed by atoms with Gasteiger partial charge in [-0.15, -0.1) is 0 Å². The van der Waals surface area contributed by atoms with Gasteiger partial charge in [-0.2, -0.15) is 0 Å². The van der Waals surface area contributed by atoms with Crippen LogP contribution in [0.15, 0.2) is 23.4 Å². The maximum atomic E-state index is 10.9. The topological polar surface area (TPSA) is 120 Å². The monoisotopic (exact) mass is 298 g/mol. The van der Waals surface area contributed by atoms with Crippen LogP contribution in [-0.2, 0) is 9.63 Å². The van der Waals surface area contributed by atoms with Gasteiger partial charge in [-0.25, -0.2) is 0 Å². The minimum atomic E-state index is -0.634. The number of anilines is 1. The number of carbonyl (C=O) groups excluding carboxylic acids is 1. The van der Waals surface area contributed by atoms with E-state index in [2.05, 4.69) is 10.5 Å². The zero-order valence-corrected chi connectivity index (χ0v) is 11.0. The second-order valence-electron chi connectivity index (χ2n) is 4.13. The molecule has 0 aromatic heterocycles. The van der Waals surface area contributed by atoms with E-state index in [9.17, 15) is 14.9 Å². The molecule has 1 aromatic rings. The average Bonchev–Trinajstić information content (AvgIpc) is 2.86. The summed E-state index contributed by atoms with van der Waals surface area (Å²) < 4.78 is 0. The molecular weight excluding hydrogens is 288 g/mol. The number of oxime groups is 1. The minimum Gasteiger partial charge on any atom is -0.390 e. The molecule has 8 nitrogen and oxygen atoms in total. The first-order chi connectivity index (χ1) is 9.47. The lowest BCUT2D eigenvalue weighted by Gasteiger charge is -2.11. The van der Waals surface area contributed by atoms with Crippen LogP contribution in [0.4, 0.5) is 11.4 Å². The molecule has 1 atom stereocenters. The van der Waals surface area contributed by atoms with Crippen molar-refractivity contribution >= 4 is 34.6 Å². The molecular formula is C11H11ClN4O4. The SMILES string of the molecule is NC(=O)C1=NOC(CNc2ccc(Cl)cc2[N+](=O)[O-])C1. The van der Waals surface area contributed by atoms with Gasteiger partial charge in [0.25, 0.3) is 11.6 Å². The summed E-state index contributed by atoms with van der Waals surface area (Å²) >= 11 is 5.72. The van der Waals surface area contributed by atoms with Crippen molar-refractivity contribution in [2.24, 2.45) is 10.9 Å². The van der Waals surface area contributed by atoms with Crippen LogP contribution < -0.4 is 11.1 Å². The van der Waals surface area contributed by atoms with Gasteiger partial charge in [0.15, 0.2) is 6.10 Å². The number of amides is 1. The second-order valence-corrected chi connectivity index (χ2v) is 4.57. The van der Waals surface area contributed by atoms with Crippen LogP contribution in [0.25, 0.3) is 0 Å². The van der Waals surface area contributed by atoms with Crippen molar-refractivity contribution in [3.05, 3.63) is 33.3 Å². The van der Waals surface area contributed by atoms with Crippen molar-refractivity contribution < 1.29 is 14.6 Å². The number of nitro benzene ring substituents is 1. The second kappa shape index (κ2) is 5.74. The Hall–Kier alpha value is -2.35. The average molecular weight is 299 g/mol. The third kappa shape index (κ3) is 3.15. The fraction of sp³-hybridized carbons (Fsp3) is 0.273. The molecule has 1 heterocycles. The number of nitro groups is 1. The first-order valence-electron chi connectivity index (χ1n) is 5.67. The van der Waals surface area contributed by atoms with Crippen LogP contribution in [-0.4, -0.2) is 29.2 Å². The van der Waals surface area contributed by atoms with Crippen molar-refractivity contribution in [1.29, 1.82) is 0 Å². The van der Waals surface area contributed by atoms with Gasteiger partial charge in [0.2, 0.25) is 0 Å². The number of nitrogens with two attached hydrogens (primary N) is 1. The van der Waals surface area contributed by atoms with E-state index >= 15 is 0 Å². The normalized spacial score (nSPS) is 17.2. The number of halogens is 1. The summed E-state index contributed by atoms with van der Waals surface area (Å²) in [7, 11) is 0. The van der Waals surface area contributed by atoms with Gasteiger partial charge < -0.3 is 15.9 Å². The summed E-state index contributed by atoms with van der Waals surface area (Å²) in [6.07, 6.45) is -0.128. The minimum absolute atomic E-state index is 0.133. The van der Waals surface area contributed by atoms with Gasteiger partial charge in [0.1, 0.15) is 11.4 Å². The van der Waals surface area contributed by atoms with E-state index in [0.717, 1.165) is 0 Å². The molecule has 3 N–H and O–H groups in total. The lowest BCUT2D eigenvalue weighted by Crippen LogP contribution is -2.26. The van der Waals surface area contributed by atoms with Gasteiger partial charge in [0.05, 0.1) is 11.5 Å². The number of nitrogens with zero attached hydrogens (tertiary/aromatic N) is 2. The smallest absolute Gasteiger partial charge is 0.293 e. The summed E-state index contributed by atoms with van der Waals surface area (Å²) in [5, 5.41) is 17.6. The van der Waals surface area contributed by atoms with Crippen molar-refractivity contribution in [3.8, 4) is 0 Å². The van der Waals surface area contributed by atoms with Crippen LogP contribution in [0.1, 0.15) is 6.42 Å². The van der Waals surface area contributed by atoms with Gasteiger partial charge >= 0.3 is 0 Å². The summed E-state index contributed by atoms with van der Waals surface area (Å²) in [6.45, 7) is 0.253. The van der Waals surface area contributed by atoms with Crippen LogP contribution >= 0.6 is 11.6 Å². The zero-order chi connectivity index (χ0) is 14.7. The summed E-state index contributed by atoms with van der Waals surface area (Å²) in [5.41, 5.74) is 5.41. The van der Waals surface area contributed by atoms with Crippen LogP contribution in [0, 0.1) is 10.1 Å². The molecule has 0 radical (unpaired) electrons. The standard InChI is InChI=1S/C11H11ClN4O4/c12-6-1-2-8(10(3-6)16(18)19)14-5-7-4-9(11(13)17)15-20-7/h1-3,7,14H,4-5H2,(H2,13,17). The highest BCUT2D eigenvalue weighted by Gasteiger charge is 2.25. The van der Waals surface area contributed by atoms with E-state index in [4.69, 9.17) is 22.2 Å². The zero-order valence-electron chi connectivity index (χ0n) is 10.2. The van der Waals surface area contributed by atoms with E-state index in [1.807, 2.05) is 0 Å². The fourth-order valence-corrected chi connectivity index (χ4v) is 1.88. The van der Waals surface area contributed by atoms with E-state index < -0.39 is 16.9 Å². The first kappa shape index (κ1) is 14.1. The highest BCUT2D eigenvalue weighted by molar-refractivity contribution is 6.38. The van der Waals surface area contributed by atoms with Crippen molar-refractivity contribution in [2.75, 3.05) is 11.9 Å². The molecule has 2 rings (SSSR count). The molecule has 0 saturated heterocycles. The Bertz CT molecular complexity index is 590. The number of primary amides is 1. The maximum Gasteiger partial charge on any atom is 0.293 e. The molecule has 0 spiro atoms. The Kier molecular flexibility index (Phi) is 4.04. The van der Waals surface area contributed by atoms with Gasteiger partial charge in [-0.3, -0.25) is 14.9 Å². The maximum absolute atomic E-state index is 10.9. The Morgan fingerprint density at radius 2 is 2.40 bits per heavy atom. The molecule has 106 valence electrons. The quantitative estimate of drug-likeness (QED) is 0.627. The van der Waals surface area contributed by atoms with Crippen LogP contribution in [0.2, 0.25) is 5.02 Å². The third-order valence-corrected chi connectivity index (χ3v) is 2.93. The van der Waals surface area contributed by atoms with E-state index in [-0.39, 0.29) is 29.4 Å². The predicted molar refractivity (Wildman–Crippen MR) is 72.7 cm³/mol. The number of hydrogen-bond donors (Lipinski definition) is 2. The first-order valence-corrected chi connectivity index (χ1v) is 6.05. The number of benzene rings is 1. The van der Waals surface area contributed by atoms with E-state index in [1.165, 1.54) is 18.2 Å². The lowest BCUT2D eigenvalue weighted by molar-refractivity contribution is -0.383. The Morgan fingerprint density at radius 3 is 3.00 bits per heavy atom. The molecule has 9 heteroatoms. The van der Waals surface area contributed by atoms with Crippen LogP contribution in [0.5, 0.6) is 0 Å². The number of rotatable bonds is 5. The Balaban J connectivity index is 1.99. The summed E-state index contributed by atoms with van der Waals surface area (Å²) in [5.74, 6) is -0.634. The fourth-order valence-electron chi connectivity index (χ4n) is 1.71. The highest BCUT2D eigenvalue weighted by Crippen LogP contribution is 2.28. The number of nitrogens with one attached hydrogen (secondary N) is 1. The number of carbonyl (C=O) groups is 1. The van der Waals surface area contributed by atoms with Crippen molar-refractivity contribution in [2.45, 2.75) is 12.5 Å². The summed E-state index contributed by atoms with van der Waals surface area (Å²) in [4.78, 5) is 26.3. The Labute approximate surface area is 118 Å². The van der Waals surface area contributed by atoms with Crippen molar-refractivity contribution in [1.82, 2.24) is 0 Å². The lowest BCUT2D eigenvalue weighted by atomic mass is 10.1. The molecule has 1 aliphatic rings. The highest BCUT2D eigenvalue weighted by atomic mass is 35.5. The molecule has 1 aromatic carbocycles. The molecule has 1 amide bonds. The molecule has 0 bridgehead atoms. The molecule has 0 fully saturated rings. The number of hydrogen-bond acceptors (Lipinski definition) is 6. The van der Waals surface area contributed by atoms with E-state index in [1.54, 1.807) is 0 Å². The van der Waals surface area contributed by atoms with E-state index in [0.29, 0.717) is 5.69 Å². The summed E-state index contributed by atoms with van der Waals surface area (Å²) in [6, 6.07) is 4.30. The molecule has 1 aliphatic heterocycles. The van der Waals surface area contributed by atoms with Gasteiger partial charge in [-0.1, -0.05) is 16.8 Å². The van der Waals surface area contributed by atoms with Gasteiger partial charge in [-0.05, 0) is 12.1 Å². The predicted octanol–water partition coefficient (Wildman–Crippen LogP) is 1.29. The molecule has 0 saturated carbocycles. The van der Waals surface area contributed by atoms with Crippen molar-refractivity contribution in [3.63, 3.8) is 0 Å². The van der Waals surface area contributed by atoms with Gasteiger partial charge in [0, 0.05) is 17.5 Å². The Morgan fingerprint density at radius 1 is 1.65 bits per heavy atom.